The number of aliphatic hydroxyl groups excluding tert-OH is 1. The number of hydrogen-bond acceptors (Lipinski definition) is 2. The van der Waals surface area contributed by atoms with E-state index in [1.807, 2.05) is 17.0 Å². The fourth-order valence-corrected chi connectivity index (χ4v) is 2.14. The van der Waals surface area contributed by atoms with Crippen LogP contribution in [0.25, 0.3) is 0 Å². The first-order chi connectivity index (χ1) is 7.29. The Labute approximate surface area is 89.3 Å². The smallest absolute Gasteiger partial charge is 0.123 e. The van der Waals surface area contributed by atoms with Gasteiger partial charge in [0.15, 0.2) is 0 Å². The van der Waals surface area contributed by atoms with Crippen LogP contribution in [0.3, 0.4) is 0 Å². The molecule has 2 nitrogen and oxygen atoms in total. The lowest BCUT2D eigenvalue weighted by Crippen LogP contribution is -2.33. The Bertz CT molecular complexity index is 304. The normalized spacial score (nSPS) is 19.3. The minimum Gasteiger partial charge on any atom is -0.381 e. The van der Waals surface area contributed by atoms with E-state index in [0.29, 0.717) is 5.92 Å². The van der Waals surface area contributed by atoms with Crippen LogP contribution in [0, 0.1) is 5.82 Å². The van der Waals surface area contributed by atoms with Gasteiger partial charge < -0.3 is 5.11 Å². The molecular weight excluding hydrogens is 193 g/mol. The van der Waals surface area contributed by atoms with Crippen LogP contribution >= 0.6 is 0 Å². The highest BCUT2D eigenvalue weighted by Crippen LogP contribution is 2.27. The maximum absolute atomic E-state index is 12.7. The first kappa shape index (κ1) is 10.6. The standard InChI is InChI=1S/C12H16FNO/c13-12-3-1-10(2-4-12)11-5-7-14(9-15)8-6-11/h1-4,11,15H,5-9H2. The summed E-state index contributed by atoms with van der Waals surface area (Å²) < 4.78 is 12.7. The van der Waals surface area contributed by atoms with E-state index in [2.05, 4.69) is 0 Å². The zero-order chi connectivity index (χ0) is 10.7. The third kappa shape index (κ3) is 2.55. The molecule has 0 radical (unpaired) electrons. The Hall–Kier alpha value is -0.930. The Kier molecular flexibility index (Phi) is 3.34. The van der Waals surface area contributed by atoms with Crippen LogP contribution in [0.15, 0.2) is 24.3 Å². The summed E-state index contributed by atoms with van der Waals surface area (Å²) in [4.78, 5) is 2.03. The number of piperidine rings is 1. The van der Waals surface area contributed by atoms with Crippen molar-refractivity contribution >= 4 is 0 Å². The second kappa shape index (κ2) is 4.73. The van der Waals surface area contributed by atoms with Gasteiger partial charge >= 0.3 is 0 Å². The number of halogens is 1. The molecule has 15 heavy (non-hydrogen) atoms. The highest BCUT2D eigenvalue weighted by molar-refractivity contribution is 5.20. The van der Waals surface area contributed by atoms with E-state index in [9.17, 15) is 4.39 Å². The van der Waals surface area contributed by atoms with Crippen LogP contribution in [-0.4, -0.2) is 29.8 Å². The summed E-state index contributed by atoms with van der Waals surface area (Å²) in [5.41, 5.74) is 1.22. The van der Waals surface area contributed by atoms with Gasteiger partial charge in [0, 0.05) is 13.1 Å². The molecule has 0 aromatic heterocycles. The second-order valence-electron chi connectivity index (χ2n) is 4.09. The third-order valence-electron chi connectivity index (χ3n) is 3.13. The summed E-state index contributed by atoms with van der Waals surface area (Å²) in [6.45, 7) is 2.01. The van der Waals surface area contributed by atoms with Crippen molar-refractivity contribution in [1.82, 2.24) is 4.90 Å². The predicted molar refractivity (Wildman–Crippen MR) is 57.0 cm³/mol. The van der Waals surface area contributed by atoms with Gasteiger partial charge in [-0.15, -0.1) is 0 Å². The minimum atomic E-state index is -0.174. The van der Waals surface area contributed by atoms with Gasteiger partial charge in [0.05, 0.1) is 6.73 Å². The SMILES string of the molecule is OCN1CCC(c2ccc(F)cc2)CC1. The van der Waals surface area contributed by atoms with Gasteiger partial charge in [-0.05, 0) is 36.5 Å². The lowest BCUT2D eigenvalue weighted by molar-refractivity contribution is 0.0837. The van der Waals surface area contributed by atoms with Crippen molar-refractivity contribution in [1.29, 1.82) is 0 Å². The molecule has 0 saturated carbocycles. The molecule has 1 saturated heterocycles. The van der Waals surface area contributed by atoms with Crippen molar-refractivity contribution in [3.63, 3.8) is 0 Å². The number of aliphatic hydroxyl groups is 1. The average molecular weight is 209 g/mol. The van der Waals surface area contributed by atoms with Gasteiger partial charge in [0.1, 0.15) is 5.82 Å². The quantitative estimate of drug-likeness (QED) is 0.804. The van der Waals surface area contributed by atoms with Gasteiger partial charge in [0.2, 0.25) is 0 Å². The lowest BCUT2D eigenvalue weighted by atomic mass is 9.90. The van der Waals surface area contributed by atoms with Crippen LogP contribution in [0.1, 0.15) is 24.3 Å². The Morgan fingerprint density at radius 1 is 1.20 bits per heavy atom. The van der Waals surface area contributed by atoms with Gasteiger partial charge in [-0.1, -0.05) is 12.1 Å². The first-order valence-corrected chi connectivity index (χ1v) is 5.38. The molecule has 1 N–H and O–H groups in total. The van der Waals surface area contributed by atoms with Crippen molar-refractivity contribution in [2.24, 2.45) is 0 Å². The molecule has 0 amide bonds. The Balaban J connectivity index is 1.98. The fraction of sp³-hybridized carbons (Fsp3) is 0.500. The highest BCUT2D eigenvalue weighted by atomic mass is 19.1. The molecule has 2 rings (SSSR count). The average Bonchev–Trinajstić information content (AvgIpc) is 2.30. The summed E-state index contributed by atoms with van der Waals surface area (Å²) in [7, 11) is 0. The van der Waals surface area contributed by atoms with E-state index in [1.54, 1.807) is 0 Å². The van der Waals surface area contributed by atoms with E-state index in [0.717, 1.165) is 25.9 Å². The zero-order valence-corrected chi connectivity index (χ0v) is 8.69. The van der Waals surface area contributed by atoms with Crippen LogP contribution in [-0.2, 0) is 0 Å². The Morgan fingerprint density at radius 3 is 2.33 bits per heavy atom. The van der Waals surface area contributed by atoms with E-state index in [1.165, 1.54) is 17.7 Å². The molecule has 0 aliphatic carbocycles. The molecule has 1 fully saturated rings. The van der Waals surface area contributed by atoms with Crippen LogP contribution in [0.2, 0.25) is 0 Å². The van der Waals surface area contributed by atoms with Gasteiger partial charge in [-0.25, -0.2) is 4.39 Å². The topological polar surface area (TPSA) is 23.5 Å². The molecule has 3 heteroatoms. The molecule has 1 aromatic carbocycles. The van der Waals surface area contributed by atoms with Crippen molar-refractivity contribution in [2.45, 2.75) is 18.8 Å². The summed E-state index contributed by atoms with van der Waals surface area (Å²) in [5, 5.41) is 8.96. The van der Waals surface area contributed by atoms with E-state index in [-0.39, 0.29) is 12.5 Å². The number of benzene rings is 1. The molecule has 0 spiro atoms. The monoisotopic (exact) mass is 209 g/mol. The van der Waals surface area contributed by atoms with Crippen molar-refractivity contribution in [3.8, 4) is 0 Å². The number of rotatable bonds is 2. The van der Waals surface area contributed by atoms with E-state index < -0.39 is 0 Å². The van der Waals surface area contributed by atoms with Gasteiger partial charge in [-0.3, -0.25) is 4.90 Å². The Morgan fingerprint density at radius 2 is 1.80 bits per heavy atom. The highest BCUT2D eigenvalue weighted by Gasteiger charge is 2.19. The molecular formula is C12H16FNO. The third-order valence-corrected chi connectivity index (χ3v) is 3.13. The fourth-order valence-electron chi connectivity index (χ4n) is 2.14. The van der Waals surface area contributed by atoms with Crippen molar-refractivity contribution in [2.75, 3.05) is 19.8 Å². The molecule has 0 unspecified atom stereocenters. The minimum absolute atomic E-state index is 0.149. The lowest BCUT2D eigenvalue weighted by Gasteiger charge is -2.30. The molecule has 1 aliphatic rings. The summed E-state index contributed by atoms with van der Waals surface area (Å²) in [6, 6.07) is 6.78. The summed E-state index contributed by atoms with van der Waals surface area (Å²) in [5.74, 6) is 0.347. The largest absolute Gasteiger partial charge is 0.381 e. The van der Waals surface area contributed by atoms with Gasteiger partial charge in [-0.2, -0.15) is 0 Å². The van der Waals surface area contributed by atoms with Crippen molar-refractivity contribution < 1.29 is 9.50 Å². The van der Waals surface area contributed by atoms with Crippen molar-refractivity contribution in [3.05, 3.63) is 35.6 Å². The molecule has 0 bridgehead atoms. The first-order valence-electron chi connectivity index (χ1n) is 5.38. The number of likely N-dealkylation sites (tertiary alicyclic amines) is 1. The van der Waals surface area contributed by atoms with Crippen LogP contribution < -0.4 is 0 Å². The molecule has 0 atom stereocenters. The maximum atomic E-state index is 12.7. The molecule has 1 heterocycles. The zero-order valence-electron chi connectivity index (χ0n) is 8.69. The van der Waals surface area contributed by atoms with Gasteiger partial charge in [0.25, 0.3) is 0 Å². The molecule has 82 valence electrons. The summed E-state index contributed by atoms with van der Waals surface area (Å²) >= 11 is 0. The van der Waals surface area contributed by atoms with Crippen LogP contribution in [0.4, 0.5) is 4.39 Å². The summed E-state index contributed by atoms with van der Waals surface area (Å²) in [6.07, 6.45) is 2.10. The predicted octanol–water partition coefficient (Wildman–Crippen LogP) is 1.95. The number of hydrogen-bond donors (Lipinski definition) is 1. The van der Waals surface area contributed by atoms with E-state index >= 15 is 0 Å². The molecule has 1 aliphatic heterocycles. The second-order valence-corrected chi connectivity index (χ2v) is 4.09. The van der Waals surface area contributed by atoms with Crippen LogP contribution in [0.5, 0.6) is 0 Å². The number of nitrogens with zero attached hydrogens (tertiary/aromatic N) is 1. The molecule has 1 aromatic rings. The van der Waals surface area contributed by atoms with E-state index in [4.69, 9.17) is 5.11 Å². The maximum Gasteiger partial charge on any atom is 0.123 e.